The number of carbonyl (C=O) groups excluding carboxylic acids is 3. The summed E-state index contributed by atoms with van der Waals surface area (Å²) in [6.07, 6.45) is 0. The lowest BCUT2D eigenvalue weighted by Gasteiger charge is -2.14. The van der Waals surface area contributed by atoms with Gasteiger partial charge < -0.3 is 10.1 Å². The van der Waals surface area contributed by atoms with Crippen molar-refractivity contribution in [1.29, 1.82) is 0 Å². The molecule has 0 saturated heterocycles. The zero-order valence-corrected chi connectivity index (χ0v) is 15.0. The molecule has 0 aromatic heterocycles. The van der Waals surface area contributed by atoms with E-state index >= 15 is 0 Å². The van der Waals surface area contributed by atoms with Gasteiger partial charge in [-0.15, -0.1) is 0 Å². The minimum atomic E-state index is -0.470. The van der Waals surface area contributed by atoms with Crippen molar-refractivity contribution in [2.75, 3.05) is 17.3 Å². The summed E-state index contributed by atoms with van der Waals surface area (Å²) in [4.78, 5) is 39.2. The predicted octanol–water partition coefficient (Wildman–Crippen LogP) is 3.75. The first-order valence-corrected chi connectivity index (χ1v) is 8.62. The van der Waals surface area contributed by atoms with E-state index in [1.165, 1.54) is 25.3 Å². The van der Waals surface area contributed by atoms with Crippen LogP contribution in [0, 0.1) is 0 Å². The van der Waals surface area contributed by atoms with E-state index in [2.05, 4.69) is 5.32 Å². The van der Waals surface area contributed by atoms with Crippen LogP contribution in [0.5, 0.6) is 5.75 Å². The zero-order chi connectivity index (χ0) is 19.7. The molecule has 0 unspecified atom stereocenters. The lowest BCUT2D eigenvalue weighted by Crippen LogP contribution is -2.29. The summed E-state index contributed by atoms with van der Waals surface area (Å²) in [6.45, 7) is 0. The summed E-state index contributed by atoms with van der Waals surface area (Å²) >= 11 is 0. The van der Waals surface area contributed by atoms with Gasteiger partial charge in [-0.2, -0.15) is 0 Å². The van der Waals surface area contributed by atoms with Gasteiger partial charge in [0.25, 0.3) is 17.7 Å². The Balaban J connectivity index is 1.64. The Bertz CT molecular complexity index is 1090. The highest BCUT2D eigenvalue weighted by atomic mass is 16.5. The van der Waals surface area contributed by atoms with Crippen molar-refractivity contribution in [3.05, 3.63) is 89.5 Å². The van der Waals surface area contributed by atoms with Gasteiger partial charge in [0.05, 0.1) is 23.9 Å². The summed E-state index contributed by atoms with van der Waals surface area (Å²) in [5, 5.41) is 2.77. The fourth-order valence-corrected chi connectivity index (χ4v) is 3.09. The number of ether oxygens (including phenoxy) is 1. The SMILES string of the molecule is COc1cccc(N2C(=O)c3ccc(C(=O)Nc4ccccc4)cc3C2=O)c1. The van der Waals surface area contributed by atoms with Crippen molar-refractivity contribution in [3.8, 4) is 5.75 Å². The van der Waals surface area contributed by atoms with Gasteiger partial charge in [-0.1, -0.05) is 24.3 Å². The van der Waals surface area contributed by atoms with E-state index in [0.717, 1.165) is 4.90 Å². The topological polar surface area (TPSA) is 75.7 Å². The number of imide groups is 1. The van der Waals surface area contributed by atoms with Crippen LogP contribution < -0.4 is 15.0 Å². The summed E-state index contributed by atoms with van der Waals surface area (Å²) < 4.78 is 5.17. The molecule has 1 heterocycles. The Morgan fingerprint density at radius 2 is 1.61 bits per heavy atom. The Kier molecular flexibility index (Phi) is 4.37. The molecule has 0 spiro atoms. The number of amides is 3. The van der Waals surface area contributed by atoms with Crippen molar-refractivity contribution >= 4 is 29.1 Å². The van der Waals surface area contributed by atoms with E-state index in [9.17, 15) is 14.4 Å². The van der Waals surface area contributed by atoms with Crippen molar-refractivity contribution in [2.24, 2.45) is 0 Å². The standard InChI is InChI=1S/C22H16N2O4/c1-28-17-9-5-8-16(13-17)24-21(26)18-11-10-14(12-19(18)22(24)27)20(25)23-15-6-3-2-4-7-15/h2-13H,1H3,(H,23,25). The Hall–Kier alpha value is -3.93. The summed E-state index contributed by atoms with van der Waals surface area (Å²) in [7, 11) is 1.51. The summed E-state index contributed by atoms with van der Waals surface area (Å²) in [6, 6.07) is 20.2. The molecule has 1 aliphatic heterocycles. The van der Waals surface area contributed by atoms with Crippen LogP contribution in [-0.2, 0) is 0 Å². The third kappa shape index (κ3) is 3.01. The van der Waals surface area contributed by atoms with Crippen molar-refractivity contribution in [3.63, 3.8) is 0 Å². The quantitative estimate of drug-likeness (QED) is 0.708. The molecule has 6 nitrogen and oxygen atoms in total. The Labute approximate surface area is 161 Å². The number of benzene rings is 3. The molecular formula is C22H16N2O4. The number of nitrogens with zero attached hydrogens (tertiary/aromatic N) is 1. The van der Waals surface area contributed by atoms with Crippen LogP contribution in [0.1, 0.15) is 31.1 Å². The molecule has 0 bridgehead atoms. The number of methoxy groups -OCH3 is 1. The van der Waals surface area contributed by atoms with E-state index in [-0.39, 0.29) is 17.0 Å². The van der Waals surface area contributed by atoms with Crippen LogP contribution in [0.15, 0.2) is 72.8 Å². The molecule has 3 aromatic carbocycles. The first-order valence-electron chi connectivity index (χ1n) is 8.62. The van der Waals surface area contributed by atoms with E-state index in [0.29, 0.717) is 22.7 Å². The highest BCUT2D eigenvalue weighted by Crippen LogP contribution is 2.31. The molecule has 0 fully saturated rings. The number of hydrogen-bond donors (Lipinski definition) is 1. The molecule has 6 heteroatoms. The highest BCUT2D eigenvalue weighted by molar-refractivity contribution is 6.34. The summed E-state index contributed by atoms with van der Waals surface area (Å²) in [5.74, 6) is -0.711. The third-order valence-corrected chi connectivity index (χ3v) is 4.49. The van der Waals surface area contributed by atoms with Crippen LogP contribution >= 0.6 is 0 Å². The van der Waals surface area contributed by atoms with Gasteiger partial charge in [0.15, 0.2) is 0 Å². The molecule has 138 valence electrons. The van der Waals surface area contributed by atoms with Gasteiger partial charge in [-0.3, -0.25) is 14.4 Å². The van der Waals surface area contributed by atoms with Crippen LogP contribution in [0.25, 0.3) is 0 Å². The number of para-hydroxylation sites is 1. The molecule has 28 heavy (non-hydrogen) atoms. The number of hydrogen-bond acceptors (Lipinski definition) is 4. The Morgan fingerprint density at radius 3 is 2.36 bits per heavy atom. The van der Waals surface area contributed by atoms with E-state index < -0.39 is 11.8 Å². The number of anilines is 2. The molecule has 3 amide bonds. The zero-order valence-electron chi connectivity index (χ0n) is 15.0. The van der Waals surface area contributed by atoms with Gasteiger partial charge in [-0.05, 0) is 42.5 Å². The molecule has 4 rings (SSSR count). The first kappa shape index (κ1) is 17.5. The number of nitrogens with one attached hydrogen (secondary N) is 1. The number of rotatable bonds is 4. The van der Waals surface area contributed by atoms with Crippen molar-refractivity contribution in [2.45, 2.75) is 0 Å². The molecule has 1 aliphatic rings. The average molecular weight is 372 g/mol. The minimum absolute atomic E-state index is 0.202. The average Bonchev–Trinajstić information content (AvgIpc) is 2.98. The fourth-order valence-electron chi connectivity index (χ4n) is 3.09. The second-order valence-electron chi connectivity index (χ2n) is 6.23. The third-order valence-electron chi connectivity index (χ3n) is 4.49. The second kappa shape index (κ2) is 7.00. The first-order chi connectivity index (χ1) is 13.6. The molecule has 0 aliphatic carbocycles. The second-order valence-corrected chi connectivity index (χ2v) is 6.23. The molecule has 1 N–H and O–H groups in total. The van der Waals surface area contributed by atoms with E-state index in [4.69, 9.17) is 4.74 Å². The smallest absolute Gasteiger partial charge is 0.266 e. The van der Waals surface area contributed by atoms with Gasteiger partial charge in [0, 0.05) is 17.3 Å². The fraction of sp³-hybridized carbons (Fsp3) is 0.0455. The van der Waals surface area contributed by atoms with Gasteiger partial charge >= 0.3 is 0 Å². The lowest BCUT2D eigenvalue weighted by atomic mass is 10.1. The van der Waals surface area contributed by atoms with Crippen LogP contribution in [0.2, 0.25) is 0 Å². The largest absolute Gasteiger partial charge is 0.497 e. The minimum Gasteiger partial charge on any atom is -0.497 e. The van der Waals surface area contributed by atoms with Crippen molar-refractivity contribution in [1.82, 2.24) is 0 Å². The maximum atomic E-state index is 12.9. The normalized spacial score (nSPS) is 12.7. The van der Waals surface area contributed by atoms with E-state index in [1.807, 2.05) is 18.2 Å². The molecule has 3 aromatic rings. The summed E-state index contributed by atoms with van der Waals surface area (Å²) in [5.41, 5.74) is 1.84. The van der Waals surface area contributed by atoms with E-state index in [1.54, 1.807) is 36.4 Å². The maximum Gasteiger partial charge on any atom is 0.266 e. The lowest BCUT2D eigenvalue weighted by molar-refractivity contribution is 0.0925. The Morgan fingerprint density at radius 1 is 0.857 bits per heavy atom. The highest BCUT2D eigenvalue weighted by Gasteiger charge is 2.37. The number of carbonyl (C=O) groups is 3. The molecular weight excluding hydrogens is 356 g/mol. The molecule has 0 saturated carbocycles. The predicted molar refractivity (Wildman–Crippen MR) is 105 cm³/mol. The van der Waals surface area contributed by atoms with Crippen LogP contribution in [0.4, 0.5) is 11.4 Å². The van der Waals surface area contributed by atoms with Crippen LogP contribution in [-0.4, -0.2) is 24.8 Å². The van der Waals surface area contributed by atoms with Crippen LogP contribution in [0.3, 0.4) is 0 Å². The maximum absolute atomic E-state index is 12.9. The monoisotopic (exact) mass is 372 g/mol. The van der Waals surface area contributed by atoms with Gasteiger partial charge in [0.1, 0.15) is 5.75 Å². The van der Waals surface area contributed by atoms with Gasteiger partial charge in [0.2, 0.25) is 0 Å². The van der Waals surface area contributed by atoms with Crippen molar-refractivity contribution < 1.29 is 19.1 Å². The number of fused-ring (bicyclic) bond motifs is 1. The molecule has 0 radical (unpaired) electrons. The molecule has 0 atom stereocenters. The van der Waals surface area contributed by atoms with Gasteiger partial charge in [-0.25, -0.2) is 4.90 Å².